The number of amides is 1. The van der Waals surface area contributed by atoms with Crippen molar-refractivity contribution < 1.29 is 19.1 Å². The minimum atomic E-state index is -0.685. The molecular weight excluding hydrogens is 564 g/mol. The molecule has 206 valence electrons. The first kappa shape index (κ1) is 29.9. The monoisotopic (exact) mass is 596 g/mol. The summed E-state index contributed by atoms with van der Waals surface area (Å²) in [6.07, 6.45) is 8.98. The van der Waals surface area contributed by atoms with Crippen LogP contribution >= 0.6 is 15.9 Å². The molecule has 3 heterocycles. The topological polar surface area (TPSA) is 104 Å². The Morgan fingerprint density at radius 1 is 1.26 bits per heavy atom. The molecule has 0 radical (unpaired) electrons. The van der Waals surface area contributed by atoms with Crippen molar-refractivity contribution >= 4 is 44.5 Å². The Bertz CT molecular complexity index is 1580. The largest absolute Gasteiger partial charge is 0.462 e. The lowest BCUT2D eigenvalue weighted by Gasteiger charge is -2.16. The molecule has 10 heteroatoms. The quantitative estimate of drug-likeness (QED) is 0.136. The Morgan fingerprint density at radius 2 is 2.03 bits per heavy atom. The highest BCUT2D eigenvalue weighted by Gasteiger charge is 2.20. The van der Waals surface area contributed by atoms with Crippen LogP contribution in [0.4, 0.5) is 0 Å². The van der Waals surface area contributed by atoms with E-state index in [1.165, 1.54) is 10.5 Å². The number of carbonyl (C=O) groups excluding carboxylic acids is 2. The lowest BCUT2D eigenvalue weighted by Crippen LogP contribution is -2.33. The molecule has 0 aromatic carbocycles. The predicted octanol–water partition coefficient (Wildman–Crippen LogP) is 4.79. The summed E-state index contributed by atoms with van der Waals surface area (Å²) < 4.78 is 14.7. The van der Waals surface area contributed by atoms with Crippen molar-refractivity contribution in [1.82, 2.24) is 14.0 Å². The van der Waals surface area contributed by atoms with Gasteiger partial charge in [-0.1, -0.05) is 52.9 Å². The molecule has 0 N–H and O–H groups in total. The Hall–Kier alpha value is -3.63. The first-order valence-corrected chi connectivity index (χ1v) is 13.5. The van der Waals surface area contributed by atoms with Crippen molar-refractivity contribution in [2.24, 2.45) is 4.99 Å². The molecule has 0 bridgehead atoms. The van der Waals surface area contributed by atoms with Gasteiger partial charge in [-0.3, -0.25) is 14.0 Å². The van der Waals surface area contributed by atoms with Crippen LogP contribution in [0, 0.1) is 6.92 Å². The number of ether oxygens (including phenoxy) is 2. The van der Waals surface area contributed by atoms with E-state index >= 15 is 0 Å². The molecule has 3 aromatic rings. The van der Waals surface area contributed by atoms with Crippen LogP contribution in [0.2, 0.25) is 0 Å². The number of pyridine rings is 2. The smallest absolute Gasteiger partial charge is 0.341 e. The standard InChI is InChI=1S/C29H33BrN4O5/c1-6-8-9-13-21(30)17-24(35)31-27-23(29(37)38-7-2)18-22-26(33(27)15-11-16-39-19(3)4)32-25-20(5)12-10-14-34(25)28(22)36/h6,8-10,12-14,18-19H,1,7,11,15-17H2,2-5H3/b9-8+,21-13-,31-27?. The van der Waals surface area contributed by atoms with Crippen molar-refractivity contribution in [2.75, 3.05) is 13.2 Å². The molecule has 0 aliphatic heterocycles. The van der Waals surface area contributed by atoms with Gasteiger partial charge in [0.05, 0.1) is 24.5 Å². The highest BCUT2D eigenvalue weighted by Crippen LogP contribution is 2.15. The van der Waals surface area contributed by atoms with E-state index in [-0.39, 0.29) is 41.1 Å². The third kappa shape index (κ3) is 7.48. The van der Waals surface area contributed by atoms with E-state index in [4.69, 9.17) is 14.5 Å². The Kier molecular flexibility index (Phi) is 10.7. The van der Waals surface area contributed by atoms with Gasteiger partial charge in [0, 0.05) is 23.8 Å². The van der Waals surface area contributed by atoms with E-state index in [9.17, 15) is 14.4 Å². The van der Waals surface area contributed by atoms with Crippen molar-refractivity contribution in [3.8, 4) is 0 Å². The van der Waals surface area contributed by atoms with Crippen LogP contribution in [-0.4, -0.2) is 45.1 Å². The molecule has 0 unspecified atom stereocenters. The number of hydrogen-bond donors (Lipinski definition) is 0. The minimum Gasteiger partial charge on any atom is -0.462 e. The normalized spacial score (nSPS) is 12.7. The van der Waals surface area contributed by atoms with Gasteiger partial charge in [0.25, 0.3) is 11.5 Å². The van der Waals surface area contributed by atoms with Crippen molar-refractivity contribution in [2.45, 2.75) is 53.2 Å². The molecule has 39 heavy (non-hydrogen) atoms. The van der Waals surface area contributed by atoms with Crippen LogP contribution in [0.1, 0.15) is 49.5 Å². The van der Waals surface area contributed by atoms with Gasteiger partial charge in [0.2, 0.25) is 0 Å². The van der Waals surface area contributed by atoms with Crippen molar-refractivity contribution in [1.29, 1.82) is 0 Å². The fourth-order valence-electron chi connectivity index (χ4n) is 3.92. The molecule has 0 aliphatic carbocycles. The average Bonchev–Trinajstić information content (AvgIpc) is 2.88. The molecule has 0 atom stereocenters. The van der Waals surface area contributed by atoms with Gasteiger partial charge in [-0.2, -0.15) is 4.99 Å². The Labute approximate surface area is 235 Å². The van der Waals surface area contributed by atoms with E-state index in [1.54, 1.807) is 48.1 Å². The van der Waals surface area contributed by atoms with Gasteiger partial charge in [-0.25, -0.2) is 9.78 Å². The maximum atomic E-state index is 13.6. The molecule has 0 fully saturated rings. The summed E-state index contributed by atoms with van der Waals surface area (Å²) in [5.41, 5.74) is 1.36. The van der Waals surface area contributed by atoms with E-state index in [0.717, 1.165) is 5.56 Å². The minimum absolute atomic E-state index is 0.0145. The maximum Gasteiger partial charge on any atom is 0.341 e. The van der Waals surface area contributed by atoms with E-state index in [2.05, 4.69) is 27.5 Å². The van der Waals surface area contributed by atoms with Gasteiger partial charge in [-0.05, 0) is 51.8 Å². The number of carbonyl (C=O) groups is 2. The molecule has 9 nitrogen and oxygen atoms in total. The highest BCUT2D eigenvalue weighted by atomic mass is 79.9. The number of nitrogens with zero attached hydrogens (tertiary/aromatic N) is 4. The lowest BCUT2D eigenvalue weighted by atomic mass is 10.2. The summed E-state index contributed by atoms with van der Waals surface area (Å²) >= 11 is 3.39. The van der Waals surface area contributed by atoms with E-state index < -0.39 is 11.9 Å². The average molecular weight is 598 g/mol. The number of allylic oxidation sites excluding steroid dienone is 4. The Morgan fingerprint density at radius 3 is 2.72 bits per heavy atom. The van der Waals surface area contributed by atoms with Crippen LogP contribution in [0.25, 0.3) is 16.7 Å². The summed E-state index contributed by atoms with van der Waals surface area (Å²) in [5.74, 6) is -1.17. The Balaban J connectivity index is 2.33. The van der Waals surface area contributed by atoms with Crippen molar-refractivity contribution in [3.63, 3.8) is 0 Å². The maximum absolute atomic E-state index is 13.6. The summed E-state index contributed by atoms with van der Waals surface area (Å²) in [4.78, 5) is 48.9. The SMILES string of the molecule is C=C/C=C/C=C(\Br)CC(=O)N=c1c(C(=O)OCC)cc2c(=O)n3cccc(C)c3nc2n1CCCOC(C)C. The van der Waals surface area contributed by atoms with Gasteiger partial charge in [0.1, 0.15) is 16.9 Å². The zero-order valence-electron chi connectivity index (χ0n) is 22.6. The van der Waals surface area contributed by atoms with Gasteiger partial charge >= 0.3 is 5.97 Å². The van der Waals surface area contributed by atoms with Crippen molar-refractivity contribution in [3.05, 3.63) is 86.7 Å². The summed E-state index contributed by atoms with van der Waals surface area (Å²) in [7, 11) is 0. The van der Waals surface area contributed by atoms with Crippen LogP contribution in [0.15, 0.2) is 69.5 Å². The predicted molar refractivity (Wildman–Crippen MR) is 155 cm³/mol. The fourth-order valence-corrected chi connectivity index (χ4v) is 4.31. The van der Waals surface area contributed by atoms with Crippen LogP contribution in [0.5, 0.6) is 0 Å². The molecule has 1 amide bonds. The van der Waals surface area contributed by atoms with Gasteiger partial charge in [-0.15, -0.1) is 0 Å². The second-order valence-electron chi connectivity index (χ2n) is 8.98. The number of halogens is 1. The zero-order valence-corrected chi connectivity index (χ0v) is 24.2. The van der Waals surface area contributed by atoms with Gasteiger partial charge in [0.15, 0.2) is 5.49 Å². The summed E-state index contributed by atoms with van der Waals surface area (Å²) in [6, 6.07) is 5.04. The number of rotatable bonds is 11. The number of fused-ring (bicyclic) bond motifs is 2. The third-order valence-electron chi connectivity index (χ3n) is 5.65. The first-order chi connectivity index (χ1) is 18.7. The third-order valence-corrected chi connectivity index (χ3v) is 6.20. The number of esters is 1. The zero-order chi connectivity index (χ0) is 28.5. The molecule has 3 aromatic heterocycles. The highest BCUT2D eigenvalue weighted by molar-refractivity contribution is 9.11. The summed E-state index contributed by atoms with van der Waals surface area (Å²) in [5, 5.41) is 0.216. The van der Waals surface area contributed by atoms with E-state index in [1.807, 2.05) is 26.8 Å². The lowest BCUT2D eigenvalue weighted by molar-refractivity contribution is -0.117. The first-order valence-electron chi connectivity index (χ1n) is 12.7. The second kappa shape index (κ2) is 14.0. The fraction of sp³-hybridized carbons (Fsp3) is 0.345. The number of hydrogen-bond acceptors (Lipinski definition) is 6. The second-order valence-corrected chi connectivity index (χ2v) is 10.0. The number of aromatic nitrogens is 3. The molecule has 0 saturated heterocycles. The molecule has 0 saturated carbocycles. The van der Waals surface area contributed by atoms with Crippen LogP contribution < -0.4 is 11.0 Å². The molecular formula is C29H33BrN4O5. The summed E-state index contributed by atoms with van der Waals surface area (Å²) in [6.45, 7) is 11.9. The van der Waals surface area contributed by atoms with Crippen LogP contribution in [-0.2, 0) is 20.8 Å². The van der Waals surface area contributed by atoms with Crippen LogP contribution in [0.3, 0.4) is 0 Å². The van der Waals surface area contributed by atoms with Gasteiger partial charge < -0.3 is 14.0 Å². The van der Waals surface area contributed by atoms with E-state index in [0.29, 0.717) is 35.3 Å². The molecule has 3 rings (SSSR count). The molecule has 0 aliphatic rings. The number of aryl methyl sites for hydroxylation is 2. The molecule has 0 spiro atoms.